The van der Waals surface area contributed by atoms with Crippen molar-refractivity contribution in [2.45, 2.75) is 33.0 Å². The smallest absolute Gasteiger partial charge is 0.235 e. The maximum atomic E-state index is 11.8. The van der Waals surface area contributed by atoms with Crippen molar-refractivity contribution >= 4 is 46.7 Å². The molecule has 2 atom stereocenters. The van der Waals surface area contributed by atoms with Crippen molar-refractivity contribution in [2.75, 3.05) is 28.2 Å². The molecule has 0 spiro atoms. The molecule has 1 aromatic heterocycles. The van der Waals surface area contributed by atoms with Crippen LogP contribution < -0.4 is 0 Å². The molecule has 1 aromatic rings. The van der Waals surface area contributed by atoms with Crippen LogP contribution in [0.3, 0.4) is 0 Å². The van der Waals surface area contributed by atoms with E-state index in [4.69, 9.17) is 0 Å². The van der Waals surface area contributed by atoms with Crippen molar-refractivity contribution in [3.05, 3.63) is 0 Å². The minimum Gasteiger partial charge on any atom is -0.348 e. The summed E-state index contributed by atoms with van der Waals surface area (Å²) in [7, 11) is 6.93. The summed E-state index contributed by atoms with van der Waals surface area (Å²) >= 11 is 4.19. The summed E-state index contributed by atoms with van der Waals surface area (Å²) in [4.78, 5) is 26.7. The predicted molar refractivity (Wildman–Crippen MR) is 87.9 cm³/mol. The lowest BCUT2D eigenvalue weighted by atomic mass is 10.4. The summed E-state index contributed by atoms with van der Waals surface area (Å²) in [6.07, 6.45) is 0. The fraction of sp³-hybridized carbons (Fsp3) is 0.667. The second kappa shape index (κ2) is 8.00. The Balaban J connectivity index is 2.61. The molecule has 0 saturated carbocycles. The van der Waals surface area contributed by atoms with Crippen LogP contribution in [-0.4, -0.2) is 70.5 Å². The zero-order valence-electron chi connectivity index (χ0n) is 13.0. The summed E-state index contributed by atoms with van der Waals surface area (Å²) in [5.74, 6) is 0.0844. The van der Waals surface area contributed by atoms with Crippen LogP contribution in [0.25, 0.3) is 0 Å². The Hall–Kier alpha value is -0.800. The van der Waals surface area contributed by atoms with E-state index >= 15 is 0 Å². The van der Waals surface area contributed by atoms with Gasteiger partial charge in [0.05, 0.1) is 10.5 Å². The molecule has 2 amide bonds. The van der Waals surface area contributed by atoms with E-state index in [2.05, 4.69) is 10.2 Å². The minimum atomic E-state index is -0.202. The van der Waals surface area contributed by atoms with Crippen molar-refractivity contribution in [2.24, 2.45) is 0 Å². The Morgan fingerprint density at radius 3 is 1.52 bits per heavy atom. The van der Waals surface area contributed by atoms with Crippen LogP contribution in [-0.2, 0) is 9.59 Å². The van der Waals surface area contributed by atoms with E-state index in [-0.39, 0.29) is 22.3 Å². The highest BCUT2D eigenvalue weighted by atomic mass is 32.2. The third-order valence-corrected chi connectivity index (χ3v) is 5.79. The number of carbonyl (C=O) groups excluding carboxylic acids is 2. The largest absolute Gasteiger partial charge is 0.348 e. The van der Waals surface area contributed by atoms with Crippen molar-refractivity contribution < 1.29 is 9.59 Å². The Morgan fingerprint density at radius 2 is 1.24 bits per heavy atom. The third kappa shape index (κ3) is 5.48. The van der Waals surface area contributed by atoms with Crippen LogP contribution in [0.4, 0.5) is 0 Å². The molecular formula is C12H20N4O2S3. The van der Waals surface area contributed by atoms with Crippen molar-refractivity contribution in [3.8, 4) is 0 Å². The molecular weight excluding hydrogens is 328 g/mol. The maximum Gasteiger partial charge on any atom is 0.235 e. The lowest BCUT2D eigenvalue weighted by Gasteiger charge is -2.15. The minimum absolute atomic E-state index is 0.0422. The molecule has 0 radical (unpaired) electrons. The van der Waals surface area contributed by atoms with Gasteiger partial charge in [0.2, 0.25) is 11.8 Å². The first-order valence-corrected chi connectivity index (χ1v) is 8.89. The predicted octanol–water partition coefficient (Wildman–Crippen LogP) is 1.68. The zero-order chi connectivity index (χ0) is 16.2. The molecule has 1 rings (SSSR count). The molecule has 0 aromatic carbocycles. The number of aromatic nitrogens is 2. The van der Waals surface area contributed by atoms with Gasteiger partial charge in [-0.15, -0.1) is 10.2 Å². The third-order valence-electron chi connectivity index (χ3n) is 2.52. The van der Waals surface area contributed by atoms with E-state index in [0.29, 0.717) is 0 Å². The van der Waals surface area contributed by atoms with Crippen LogP contribution >= 0.6 is 34.9 Å². The second-order valence-electron chi connectivity index (χ2n) is 4.82. The van der Waals surface area contributed by atoms with Gasteiger partial charge in [-0.3, -0.25) is 9.59 Å². The van der Waals surface area contributed by atoms with Crippen molar-refractivity contribution in [1.82, 2.24) is 20.0 Å². The summed E-state index contributed by atoms with van der Waals surface area (Å²) < 4.78 is 1.48. The fourth-order valence-corrected chi connectivity index (χ4v) is 5.02. The van der Waals surface area contributed by atoms with Gasteiger partial charge in [0.15, 0.2) is 8.68 Å². The number of thioether (sulfide) groups is 2. The molecule has 6 nitrogen and oxygen atoms in total. The highest BCUT2D eigenvalue weighted by Crippen LogP contribution is 2.33. The van der Waals surface area contributed by atoms with Gasteiger partial charge in [0, 0.05) is 28.2 Å². The van der Waals surface area contributed by atoms with E-state index in [9.17, 15) is 9.59 Å². The molecule has 1 heterocycles. The van der Waals surface area contributed by atoms with Gasteiger partial charge >= 0.3 is 0 Å². The summed E-state index contributed by atoms with van der Waals surface area (Å²) in [5, 5.41) is 7.74. The van der Waals surface area contributed by atoms with Crippen LogP contribution in [0.1, 0.15) is 13.8 Å². The van der Waals surface area contributed by atoms with E-state index in [1.807, 2.05) is 13.8 Å². The first-order chi connectivity index (χ1) is 9.72. The zero-order valence-corrected chi connectivity index (χ0v) is 15.4. The summed E-state index contributed by atoms with van der Waals surface area (Å²) in [6.45, 7) is 3.69. The highest BCUT2D eigenvalue weighted by Gasteiger charge is 2.21. The molecule has 0 N–H and O–H groups in total. The lowest BCUT2D eigenvalue weighted by Crippen LogP contribution is -2.29. The molecule has 0 fully saturated rings. The molecule has 0 aliphatic rings. The Morgan fingerprint density at radius 1 is 0.905 bits per heavy atom. The second-order valence-corrected chi connectivity index (χ2v) is 8.97. The number of hydrogen-bond donors (Lipinski definition) is 0. The van der Waals surface area contributed by atoms with Crippen molar-refractivity contribution in [3.63, 3.8) is 0 Å². The first-order valence-electron chi connectivity index (χ1n) is 6.31. The number of amides is 2. The normalized spacial score (nSPS) is 13.6. The van der Waals surface area contributed by atoms with E-state index in [1.54, 1.807) is 38.0 Å². The van der Waals surface area contributed by atoms with Gasteiger partial charge in [0.1, 0.15) is 0 Å². The van der Waals surface area contributed by atoms with Crippen LogP contribution in [0.5, 0.6) is 0 Å². The van der Waals surface area contributed by atoms with Crippen LogP contribution in [0.2, 0.25) is 0 Å². The molecule has 0 aliphatic carbocycles. The Labute approximate surface area is 137 Å². The van der Waals surface area contributed by atoms with E-state index in [0.717, 1.165) is 8.68 Å². The average molecular weight is 349 g/mol. The van der Waals surface area contributed by atoms with Gasteiger partial charge in [-0.25, -0.2) is 0 Å². The van der Waals surface area contributed by atoms with Crippen LogP contribution in [0, 0.1) is 0 Å². The standard InChI is InChI=1S/C12H20N4O2S3/c1-7(9(17)15(3)4)19-11-13-14-12(21-11)20-8(2)10(18)16(5)6/h7-8H,1-6H3/t7-,8+. The molecule has 118 valence electrons. The molecule has 9 heteroatoms. The van der Waals surface area contributed by atoms with Gasteiger partial charge in [0.25, 0.3) is 0 Å². The number of hydrogen-bond acceptors (Lipinski definition) is 7. The number of rotatable bonds is 6. The maximum absolute atomic E-state index is 11.8. The monoisotopic (exact) mass is 348 g/mol. The van der Waals surface area contributed by atoms with E-state index in [1.165, 1.54) is 34.9 Å². The Kier molecular flexibility index (Phi) is 6.95. The molecule has 0 aliphatic heterocycles. The van der Waals surface area contributed by atoms with Crippen LogP contribution in [0.15, 0.2) is 8.68 Å². The number of nitrogens with zero attached hydrogens (tertiary/aromatic N) is 4. The average Bonchev–Trinajstić information content (AvgIpc) is 2.83. The molecule has 0 unspecified atom stereocenters. The van der Waals surface area contributed by atoms with Gasteiger partial charge < -0.3 is 9.80 Å². The summed E-state index contributed by atoms with van der Waals surface area (Å²) in [5.41, 5.74) is 0. The van der Waals surface area contributed by atoms with Gasteiger partial charge in [-0.2, -0.15) is 0 Å². The van der Waals surface area contributed by atoms with E-state index < -0.39 is 0 Å². The molecule has 21 heavy (non-hydrogen) atoms. The first kappa shape index (κ1) is 18.2. The fourth-order valence-electron chi connectivity index (χ4n) is 1.42. The number of carbonyl (C=O) groups is 2. The van der Waals surface area contributed by atoms with Gasteiger partial charge in [-0.05, 0) is 13.8 Å². The topological polar surface area (TPSA) is 66.4 Å². The molecule has 0 saturated heterocycles. The van der Waals surface area contributed by atoms with Crippen molar-refractivity contribution in [1.29, 1.82) is 0 Å². The SMILES string of the molecule is C[C@H](Sc1nnc(S[C@H](C)C(=O)N(C)C)s1)C(=O)N(C)C. The lowest BCUT2D eigenvalue weighted by molar-refractivity contribution is -0.128. The Bertz CT molecular complexity index is 462. The highest BCUT2D eigenvalue weighted by molar-refractivity contribution is 8.04. The summed E-state index contributed by atoms with van der Waals surface area (Å²) in [6, 6.07) is 0. The molecule has 0 bridgehead atoms. The quantitative estimate of drug-likeness (QED) is 0.729. The van der Waals surface area contributed by atoms with Gasteiger partial charge in [-0.1, -0.05) is 34.9 Å².